The maximum absolute atomic E-state index is 12.8. The molecule has 0 aromatic heterocycles. The predicted octanol–water partition coefficient (Wildman–Crippen LogP) is 1.92. The highest BCUT2D eigenvalue weighted by atomic mass is 16.6. The molecule has 1 aromatic rings. The first-order valence-electron chi connectivity index (χ1n) is 8.67. The number of nitrogens with two attached hydrogens (primary N) is 1. The number of ether oxygens (including phenoxy) is 2. The number of amides is 1. The van der Waals surface area contributed by atoms with Crippen molar-refractivity contribution >= 4 is 17.5 Å². The molecule has 140 valence electrons. The molecule has 0 spiro atoms. The summed E-state index contributed by atoms with van der Waals surface area (Å²) in [4.78, 5) is 16.7. The number of hydrogen-bond acceptors (Lipinski definition) is 6. The predicted molar refractivity (Wildman–Crippen MR) is 100 cm³/mol. The maximum atomic E-state index is 12.8. The van der Waals surface area contributed by atoms with Gasteiger partial charge in [-0.15, -0.1) is 0 Å². The lowest BCUT2D eigenvalue weighted by Crippen LogP contribution is -2.47. The first-order chi connectivity index (χ1) is 11.8. The third-order valence-corrected chi connectivity index (χ3v) is 3.96. The molecule has 1 fully saturated rings. The summed E-state index contributed by atoms with van der Waals surface area (Å²) in [6.45, 7) is 10.8. The number of hydrogen-bond donors (Lipinski definition) is 2. The number of nitrogens with one attached hydrogen (secondary N) is 1. The van der Waals surface area contributed by atoms with Gasteiger partial charge < -0.3 is 20.5 Å². The molecule has 1 aliphatic rings. The molecule has 1 amide bonds. The first kappa shape index (κ1) is 19.3. The molecule has 0 unspecified atom stereocenters. The summed E-state index contributed by atoms with van der Waals surface area (Å²) in [5.74, 6) is 0.561. The summed E-state index contributed by atoms with van der Waals surface area (Å²) in [7, 11) is 1.57. The molecule has 0 radical (unpaired) electrons. The van der Waals surface area contributed by atoms with Crippen molar-refractivity contribution < 1.29 is 14.3 Å². The highest BCUT2D eigenvalue weighted by Gasteiger charge is 2.26. The monoisotopic (exact) mass is 350 g/mol. The molecule has 1 aliphatic heterocycles. The van der Waals surface area contributed by atoms with Crippen molar-refractivity contribution in [3.63, 3.8) is 0 Å². The molecule has 2 rings (SSSR count). The van der Waals surface area contributed by atoms with Gasteiger partial charge in [0.1, 0.15) is 11.4 Å². The molecular formula is C18H30N4O3. The van der Waals surface area contributed by atoms with E-state index in [1.165, 1.54) is 0 Å². The van der Waals surface area contributed by atoms with E-state index in [0.717, 1.165) is 32.7 Å². The van der Waals surface area contributed by atoms with Crippen LogP contribution in [0.15, 0.2) is 18.2 Å². The van der Waals surface area contributed by atoms with Crippen molar-refractivity contribution in [2.75, 3.05) is 57.0 Å². The van der Waals surface area contributed by atoms with Gasteiger partial charge in [-0.1, -0.05) is 0 Å². The van der Waals surface area contributed by atoms with Gasteiger partial charge in [0.25, 0.3) is 0 Å². The highest BCUT2D eigenvalue weighted by Crippen LogP contribution is 2.31. The molecule has 25 heavy (non-hydrogen) atoms. The maximum Gasteiger partial charge on any atom is 0.414 e. The third-order valence-electron chi connectivity index (χ3n) is 3.96. The first-order valence-corrected chi connectivity index (χ1v) is 8.67. The Morgan fingerprint density at radius 3 is 2.60 bits per heavy atom. The zero-order valence-electron chi connectivity index (χ0n) is 15.7. The summed E-state index contributed by atoms with van der Waals surface area (Å²) in [6, 6.07) is 5.29. The van der Waals surface area contributed by atoms with Gasteiger partial charge in [0.15, 0.2) is 0 Å². The van der Waals surface area contributed by atoms with Gasteiger partial charge in [-0.05, 0) is 32.9 Å². The minimum Gasteiger partial charge on any atom is -0.494 e. The van der Waals surface area contributed by atoms with E-state index in [4.69, 9.17) is 15.2 Å². The fourth-order valence-corrected chi connectivity index (χ4v) is 2.72. The van der Waals surface area contributed by atoms with Crippen LogP contribution in [-0.4, -0.2) is 63.0 Å². The quantitative estimate of drug-likeness (QED) is 0.790. The van der Waals surface area contributed by atoms with E-state index in [2.05, 4.69) is 10.2 Å². The van der Waals surface area contributed by atoms with E-state index in [0.29, 0.717) is 23.7 Å². The summed E-state index contributed by atoms with van der Waals surface area (Å²) in [5.41, 5.74) is 6.54. The number of anilines is 2. The number of nitrogen functional groups attached to an aromatic ring is 1. The van der Waals surface area contributed by atoms with Gasteiger partial charge in [-0.2, -0.15) is 0 Å². The molecule has 7 heteroatoms. The van der Waals surface area contributed by atoms with Crippen molar-refractivity contribution in [1.82, 2.24) is 10.2 Å². The second-order valence-corrected chi connectivity index (χ2v) is 7.15. The van der Waals surface area contributed by atoms with E-state index in [1.54, 1.807) is 30.2 Å². The SMILES string of the molecule is COc1cc(N)ccc1N(CCN1CCNCC1)C(=O)OC(C)(C)C. The van der Waals surface area contributed by atoms with Crippen LogP contribution < -0.4 is 20.7 Å². The molecule has 0 bridgehead atoms. The Hall–Kier alpha value is -1.99. The van der Waals surface area contributed by atoms with Gasteiger partial charge in [0, 0.05) is 51.0 Å². The molecule has 0 saturated carbocycles. The minimum absolute atomic E-state index is 0.384. The number of carbonyl (C=O) groups excluding carboxylic acids is 1. The molecule has 3 N–H and O–H groups in total. The van der Waals surface area contributed by atoms with Crippen LogP contribution in [0.3, 0.4) is 0 Å². The molecule has 0 atom stereocenters. The summed E-state index contributed by atoms with van der Waals surface area (Å²) in [5, 5.41) is 3.33. The third kappa shape index (κ3) is 5.79. The van der Waals surface area contributed by atoms with Gasteiger partial charge in [0.05, 0.1) is 12.8 Å². The van der Waals surface area contributed by atoms with E-state index in [-0.39, 0.29) is 6.09 Å². The van der Waals surface area contributed by atoms with Crippen LogP contribution in [0.4, 0.5) is 16.2 Å². The van der Waals surface area contributed by atoms with Gasteiger partial charge in [-0.25, -0.2) is 4.79 Å². The molecule has 0 aliphatic carbocycles. The second kappa shape index (κ2) is 8.40. The zero-order chi connectivity index (χ0) is 18.4. The molecular weight excluding hydrogens is 320 g/mol. The van der Waals surface area contributed by atoms with Crippen molar-refractivity contribution in [1.29, 1.82) is 0 Å². The van der Waals surface area contributed by atoms with E-state index >= 15 is 0 Å². The average Bonchev–Trinajstić information content (AvgIpc) is 2.55. The standard InChI is InChI=1S/C18H30N4O3/c1-18(2,3)25-17(23)22(12-11-21-9-7-20-8-10-21)15-6-5-14(19)13-16(15)24-4/h5-6,13,20H,7-12,19H2,1-4H3. The number of methoxy groups -OCH3 is 1. The Morgan fingerprint density at radius 1 is 1.32 bits per heavy atom. The van der Waals surface area contributed by atoms with Crippen molar-refractivity contribution in [3.8, 4) is 5.75 Å². The van der Waals surface area contributed by atoms with Crippen LogP contribution >= 0.6 is 0 Å². The fourth-order valence-electron chi connectivity index (χ4n) is 2.72. The Balaban J connectivity index is 2.20. The van der Waals surface area contributed by atoms with Crippen LogP contribution in [0.25, 0.3) is 0 Å². The fraction of sp³-hybridized carbons (Fsp3) is 0.611. The lowest BCUT2D eigenvalue weighted by molar-refractivity contribution is 0.0575. The largest absolute Gasteiger partial charge is 0.494 e. The van der Waals surface area contributed by atoms with Gasteiger partial charge in [0.2, 0.25) is 0 Å². The summed E-state index contributed by atoms with van der Waals surface area (Å²) in [6.07, 6.45) is -0.384. The van der Waals surface area contributed by atoms with Crippen LogP contribution in [0.2, 0.25) is 0 Å². The number of rotatable bonds is 5. The number of piperazine rings is 1. The lowest BCUT2D eigenvalue weighted by atomic mass is 10.2. The number of carbonyl (C=O) groups is 1. The highest BCUT2D eigenvalue weighted by molar-refractivity contribution is 5.90. The minimum atomic E-state index is -0.564. The zero-order valence-corrected chi connectivity index (χ0v) is 15.7. The van der Waals surface area contributed by atoms with Gasteiger partial charge >= 0.3 is 6.09 Å². The van der Waals surface area contributed by atoms with Crippen LogP contribution in [0.5, 0.6) is 5.75 Å². The molecule has 1 saturated heterocycles. The second-order valence-electron chi connectivity index (χ2n) is 7.15. The average molecular weight is 350 g/mol. The van der Waals surface area contributed by atoms with Crippen LogP contribution in [0, 0.1) is 0 Å². The molecule has 1 heterocycles. The Morgan fingerprint density at radius 2 is 2.00 bits per heavy atom. The Labute approximate surface area is 150 Å². The number of benzene rings is 1. The van der Waals surface area contributed by atoms with E-state index in [1.807, 2.05) is 20.8 Å². The Bertz CT molecular complexity index is 580. The van der Waals surface area contributed by atoms with E-state index in [9.17, 15) is 4.79 Å². The summed E-state index contributed by atoms with van der Waals surface area (Å²) < 4.78 is 11.0. The molecule has 7 nitrogen and oxygen atoms in total. The number of nitrogens with zero attached hydrogens (tertiary/aromatic N) is 2. The molecule has 1 aromatic carbocycles. The van der Waals surface area contributed by atoms with Crippen LogP contribution in [-0.2, 0) is 4.74 Å². The normalized spacial score (nSPS) is 15.7. The topological polar surface area (TPSA) is 80.1 Å². The van der Waals surface area contributed by atoms with Crippen molar-refractivity contribution in [3.05, 3.63) is 18.2 Å². The summed E-state index contributed by atoms with van der Waals surface area (Å²) >= 11 is 0. The Kier molecular flexibility index (Phi) is 6.50. The smallest absolute Gasteiger partial charge is 0.414 e. The van der Waals surface area contributed by atoms with Crippen LogP contribution in [0.1, 0.15) is 20.8 Å². The van der Waals surface area contributed by atoms with Crippen molar-refractivity contribution in [2.24, 2.45) is 0 Å². The van der Waals surface area contributed by atoms with Gasteiger partial charge in [-0.3, -0.25) is 9.80 Å². The van der Waals surface area contributed by atoms with Crippen molar-refractivity contribution in [2.45, 2.75) is 26.4 Å². The van der Waals surface area contributed by atoms with E-state index < -0.39 is 5.60 Å². The lowest BCUT2D eigenvalue weighted by Gasteiger charge is -2.32.